The Morgan fingerprint density at radius 1 is 1.00 bits per heavy atom. The first-order valence-corrected chi connectivity index (χ1v) is 11.7. The fraction of sp³-hybridized carbons (Fsp3) is 0.240. The van der Waals surface area contributed by atoms with E-state index < -0.39 is 10.0 Å². The number of sulfonamides is 1. The number of hydrogen-bond acceptors (Lipinski definition) is 4. The summed E-state index contributed by atoms with van der Waals surface area (Å²) < 4.78 is 33.6. The Kier molecular flexibility index (Phi) is 6.89. The van der Waals surface area contributed by atoms with Crippen LogP contribution in [-0.4, -0.2) is 33.4 Å². The molecule has 7 heteroatoms. The van der Waals surface area contributed by atoms with Gasteiger partial charge in [0.05, 0.1) is 17.7 Å². The second kappa shape index (κ2) is 9.44. The van der Waals surface area contributed by atoms with Crippen LogP contribution >= 0.6 is 0 Å². The van der Waals surface area contributed by atoms with Gasteiger partial charge in [-0.3, -0.25) is 9.52 Å². The van der Waals surface area contributed by atoms with Gasteiger partial charge < -0.3 is 9.64 Å². The molecule has 6 nitrogen and oxygen atoms in total. The summed E-state index contributed by atoms with van der Waals surface area (Å²) in [6.45, 7) is 6.15. The molecule has 0 fully saturated rings. The van der Waals surface area contributed by atoms with Crippen LogP contribution in [0.5, 0.6) is 5.75 Å². The van der Waals surface area contributed by atoms with E-state index in [9.17, 15) is 13.2 Å². The summed E-state index contributed by atoms with van der Waals surface area (Å²) in [7, 11) is -0.465. The Bertz CT molecular complexity index is 1240. The van der Waals surface area contributed by atoms with E-state index in [-0.39, 0.29) is 10.8 Å². The third-order valence-electron chi connectivity index (χ3n) is 5.45. The van der Waals surface area contributed by atoms with E-state index in [1.165, 1.54) is 24.3 Å². The third-order valence-corrected chi connectivity index (χ3v) is 6.83. The van der Waals surface area contributed by atoms with Gasteiger partial charge in [0.15, 0.2) is 0 Å². The average Bonchev–Trinajstić information content (AvgIpc) is 2.76. The highest BCUT2D eigenvalue weighted by Crippen LogP contribution is 2.24. The normalized spacial score (nSPS) is 11.2. The minimum Gasteiger partial charge on any atom is -0.496 e. The van der Waals surface area contributed by atoms with Crippen molar-refractivity contribution in [3.8, 4) is 5.75 Å². The Morgan fingerprint density at radius 3 is 2.34 bits per heavy atom. The van der Waals surface area contributed by atoms with Crippen LogP contribution in [0.25, 0.3) is 0 Å². The van der Waals surface area contributed by atoms with E-state index in [1.54, 1.807) is 31.2 Å². The number of anilines is 1. The Morgan fingerprint density at radius 2 is 1.69 bits per heavy atom. The first-order valence-electron chi connectivity index (χ1n) is 10.2. The van der Waals surface area contributed by atoms with Crippen LogP contribution in [0, 0.1) is 20.8 Å². The third kappa shape index (κ3) is 5.11. The molecule has 0 aliphatic rings. The molecule has 168 valence electrons. The molecule has 0 saturated carbocycles. The molecule has 32 heavy (non-hydrogen) atoms. The van der Waals surface area contributed by atoms with Gasteiger partial charge >= 0.3 is 0 Å². The predicted octanol–water partition coefficient (Wildman–Crippen LogP) is 4.69. The Hall–Kier alpha value is -3.32. The summed E-state index contributed by atoms with van der Waals surface area (Å²) in [5, 5.41) is 0. The monoisotopic (exact) mass is 452 g/mol. The fourth-order valence-corrected chi connectivity index (χ4v) is 4.54. The van der Waals surface area contributed by atoms with Gasteiger partial charge in [0.1, 0.15) is 5.75 Å². The summed E-state index contributed by atoms with van der Waals surface area (Å²) in [4.78, 5) is 14.6. The molecule has 3 aromatic carbocycles. The summed E-state index contributed by atoms with van der Waals surface area (Å²) in [6.07, 6.45) is 0. The van der Waals surface area contributed by atoms with Crippen LogP contribution in [0.2, 0.25) is 0 Å². The number of nitrogens with zero attached hydrogens (tertiary/aromatic N) is 1. The number of methoxy groups -OCH3 is 1. The smallest absolute Gasteiger partial charge is 0.261 e. The standard InChI is InChI=1S/C25H28N2O4S/c1-17-9-14-24(31-5)21(15-17)16-27(4)25(28)20-10-12-22(13-11-20)32(29,30)26-23-8-6-7-18(2)19(23)3/h6-15,26H,16H2,1-5H3. The van der Waals surface area contributed by atoms with Crippen LogP contribution in [0.15, 0.2) is 65.6 Å². The number of amides is 1. The molecule has 0 aliphatic heterocycles. The van der Waals surface area contributed by atoms with Crippen molar-refractivity contribution in [2.45, 2.75) is 32.2 Å². The minimum atomic E-state index is -3.77. The zero-order valence-corrected chi connectivity index (χ0v) is 19.8. The van der Waals surface area contributed by atoms with Gasteiger partial charge in [-0.25, -0.2) is 8.42 Å². The van der Waals surface area contributed by atoms with E-state index in [4.69, 9.17) is 4.74 Å². The van der Waals surface area contributed by atoms with Gasteiger partial charge in [0.25, 0.3) is 15.9 Å². The van der Waals surface area contributed by atoms with Crippen LogP contribution in [0.3, 0.4) is 0 Å². The number of aryl methyl sites for hydroxylation is 2. The SMILES string of the molecule is COc1ccc(C)cc1CN(C)C(=O)c1ccc(S(=O)(=O)Nc2cccc(C)c2C)cc1. The van der Waals surface area contributed by atoms with Gasteiger partial charge in [0, 0.05) is 24.7 Å². The molecule has 0 unspecified atom stereocenters. The van der Waals surface area contributed by atoms with Crippen molar-refractivity contribution in [3.05, 3.63) is 88.5 Å². The molecule has 3 aromatic rings. The lowest BCUT2D eigenvalue weighted by Crippen LogP contribution is -2.26. The van der Waals surface area contributed by atoms with Gasteiger partial charge in [0.2, 0.25) is 0 Å². The van der Waals surface area contributed by atoms with Gasteiger partial charge in [-0.2, -0.15) is 0 Å². The maximum Gasteiger partial charge on any atom is 0.261 e. The number of hydrogen-bond donors (Lipinski definition) is 1. The maximum absolute atomic E-state index is 12.9. The Balaban J connectivity index is 1.76. The first kappa shape index (κ1) is 23.3. The van der Waals surface area contributed by atoms with Crippen LogP contribution < -0.4 is 9.46 Å². The molecule has 0 saturated heterocycles. The zero-order valence-electron chi connectivity index (χ0n) is 19.0. The molecule has 0 atom stereocenters. The average molecular weight is 453 g/mol. The fourth-order valence-electron chi connectivity index (χ4n) is 3.42. The van der Waals surface area contributed by atoms with E-state index in [1.807, 2.05) is 45.0 Å². The number of rotatable bonds is 7. The highest BCUT2D eigenvalue weighted by atomic mass is 32.2. The van der Waals surface area contributed by atoms with E-state index in [0.717, 1.165) is 22.3 Å². The Labute approximate surface area is 189 Å². The second-order valence-electron chi connectivity index (χ2n) is 7.85. The van der Waals surface area contributed by atoms with Gasteiger partial charge in [-0.1, -0.05) is 29.8 Å². The van der Waals surface area contributed by atoms with E-state index >= 15 is 0 Å². The van der Waals surface area contributed by atoms with Crippen LogP contribution in [0.4, 0.5) is 5.69 Å². The molecule has 0 spiro atoms. The van der Waals surface area contributed by atoms with Crippen molar-refractivity contribution >= 4 is 21.6 Å². The lowest BCUT2D eigenvalue weighted by Gasteiger charge is -2.19. The van der Waals surface area contributed by atoms with Crippen LogP contribution in [-0.2, 0) is 16.6 Å². The number of carbonyl (C=O) groups excluding carboxylic acids is 1. The molecule has 0 aliphatic carbocycles. The number of ether oxygens (including phenoxy) is 1. The molecule has 0 radical (unpaired) electrons. The first-order chi connectivity index (χ1) is 15.1. The van der Waals surface area contributed by atoms with Crippen molar-refractivity contribution in [2.24, 2.45) is 0 Å². The van der Waals surface area contributed by atoms with E-state index in [0.29, 0.717) is 23.5 Å². The highest BCUT2D eigenvalue weighted by Gasteiger charge is 2.18. The van der Waals surface area contributed by atoms with E-state index in [2.05, 4.69) is 4.72 Å². The number of carbonyl (C=O) groups is 1. The minimum absolute atomic E-state index is 0.0953. The summed E-state index contributed by atoms with van der Waals surface area (Å²) >= 11 is 0. The zero-order chi connectivity index (χ0) is 23.5. The molecule has 3 rings (SSSR count). The highest BCUT2D eigenvalue weighted by molar-refractivity contribution is 7.92. The molecule has 0 aromatic heterocycles. The molecular formula is C25H28N2O4S. The lowest BCUT2D eigenvalue weighted by molar-refractivity contribution is 0.0784. The number of benzene rings is 3. The van der Waals surface area contributed by atoms with Gasteiger partial charge in [-0.05, 0) is 68.3 Å². The van der Waals surface area contributed by atoms with Crippen molar-refractivity contribution in [1.29, 1.82) is 0 Å². The molecule has 1 N–H and O–H groups in total. The van der Waals surface area contributed by atoms with Crippen LogP contribution in [0.1, 0.15) is 32.6 Å². The maximum atomic E-state index is 12.9. The predicted molar refractivity (Wildman–Crippen MR) is 127 cm³/mol. The summed E-state index contributed by atoms with van der Waals surface area (Å²) in [5.41, 5.74) is 4.80. The van der Waals surface area contributed by atoms with Crippen molar-refractivity contribution in [1.82, 2.24) is 4.90 Å². The quantitative estimate of drug-likeness (QED) is 0.564. The molecular weight excluding hydrogens is 424 g/mol. The van der Waals surface area contributed by atoms with Gasteiger partial charge in [-0.15, -0.1) is 0 Å². The number of nitrogens with one attached hydrogen (secondary N) is 1. The summed E-state index contributed by atoms with van der Waals surface area (Å²) in [6, 6.07) is 17.2. The second-order valence-corrected chi connectivity index (χ2v) is 9.54. The molecule has 1 amide bonds. The van der Waals surface area contributed by atoms with Crippen molar-refractivity contribution < 1.29 is 17.9 Å². The van der Waals surface area contributed by atoms with Crippen molar-refractivity contribution in [2.75, 3.05) is 18.9 Å². The molecule has 0 bridgehead atoms. The summed E-state index contributed by atoms with van der Waals surface area (Å²) in [5.74, 6) is 0.509. The topological polar surface area (TPSA) is 75.7 Å². The lowest BCUT2D eigenvalue weighted by atomic mass is 10.1. The molecule has 0 heterocycles. The largest absolute Gasteiger partial charge is 0.496 e. The van der Waals surface area contributed by atoms with Crippen molar-refractivity contribution in [3.63, 3.8) is 0 Å².